The summed E-state index contributed by atoms with van der Waals surface area (Å²) in [6, 6.07) is 3.57. The molecule has 2 N–H and O–H groups in total. The quantitative estimate of drug-likeness (QED) is 0.889. The molecule has 1 aromatic heterocycles. The summed E-state index contributed by atoms with van der Waals surface area (Å²) in [4.78, 5) is 21.0. The van der Waals surface area contributed by atoms with Gasteiger partial charge >= 0.3 is 0 Å². The number of amides is 1. The zero-order valence-electron chi connectivity index (χ0n) is 13.1. The van der Waals surface area contributed by atoms with Crippen LogP contribution < -0.4 is 5.73 Å². The fourth-order valence-corrected chi connectivity index (χ4v) is 2.52. The summed E-state index contributed by atoms with van der Waals surface area (Å²) < 4.78 is 0. The van der Waals surface area contributed by atoms with Crippen LogP contribution in [0.3, 0.4) is 0 Å². The zero-order chi connectivity index (χ0) is 15.2. The van der Waals surface area contributed by atoms with Gasteiger partial charge in [-0.3, -0.25) is 14.7 Å². The molecule has 0 aliphatic carbocycles. The second-order valence-corrected chi connectivity index (χ2v) is 6.06. The number of nitrogens with zero attached hydrogens (tertiary/aromatic N) is 3. The van der Waals surface area contributed by atoms with Crippen molar-refractivity contribution in [3.8, 4) is 0 Å². The Balaban J connectivity index is 1.88. The Bertz CT molecular complexity index is 467. The molecule has 0 radical (unpaired) electrons. The maximum absolute atomic E-state index is 12.5. The molecular weight excluding hydrogens is 264 g/mol. The lowest BCUT2D eigenvalue weighted by atomic mass is 10.1. The molecule has 0 bridgehead atoms. The van der Waals surface area contributed by atoms with Crippen molar-refractivity contribution in [2.45, 2.75) is 26.8 Å². The Hall–Kier alpha value is -1.46. The molecule has 1 aliphatic rings. The van der Waals surface area contributed by atoms with E-state index in [0.29, 0.717) is 12.1 Å². The van der Waals surface area contributed by atoms with Crippen LogP contribution in [0.15, 0.2) is 18.3 Å². The van der Waals surface area contributed by atoms with E-state index in [-0.39, 0.29) is 5.91 Å². The van der Waals surface area contributed by atoms with Gasteiger partial charge in [-0.25, -0.2) is 0 Å². The average molecular weight is 290 g/mol. The van der Waals surface area contributed by atoms with Crippen LogP contribution >= 0.6 is 0 Å². The maximum atomic E-state index is 12.5. The summed E-state index contributed by atoms with van der Waals surface area (Å²) in [6.45, 7) is 9.53. The Morgan fingerprint density at radius 3 is 2.67 bits per heavy atom. The molecule has 0 spiro atoms. The third kappa shape index (κ3) is 4.51. The normalized spacial score (nSPS) is 16.5. The first-order valence-corrected chi connectivity index (χ1v) is 7.76. The van der Waals surface area contributed by atoms with Crippen molar-refractivity contribution in [1.82, 2.24) is 14.8 Å². The molecule has 1 saturated heterocycles. The van der Waals surface area contributed by atoms with E-state index in [4.69, 9.17) is 5.73 Å². The third-order valence-corrected chi connectivity index (χ3v) is 3.95. The van der Waals surface area contributed by atoms with Gasteiger partial charge in [0.05, 0.1) is 5.69 Å². The summed E-state index contributed by atoms with van der Waals surface area (Å²) in [5, 5.41) is 0. The second kappa shape index (κ2) is 7.52. The molecule has 116 valence electrons. The lowest BCUT2D eigenvalue weighted by molar-refractivity contribution is 0.0631. The van der Waals surface area contributed by atoms with Crippen LogP contribution in [0.5, 0.6) is 0 Å². The van der Waals surface area contributed by atoms with Crippen molar-refractivity contribution in [3.63, 3.8) is 0 Å². The Kier molecular flexibility index (Phi) is 5.70. The highest BCUT2D eigenvalue weighted by molar-refractivity contribution is 5.94. The number of rotatable bonds is 5. The topological polar surface area (TPSA) is 62.5 Å². The molecule has 1 aromatic rings. The first-order chi connectivity index (χ1) is 10.1. The van der Waals surface area contributed by atoms with Crippen molar-refractivity contribution >= 4 is 5.91 Å². The predicted octanol–water partition coefficient (Wildman–Crippen LogP) is 1.34. The molecule has 21 heavy (non-hydrogen) atoms. The SMILES string of the molecule is CC(C)CCN1CCN(C(=O)c2ccnc(CN)c2)CC1. The first-order valence-electron chi connectivity index (χ1n) is 7.76. The number of carbonyl (C=O) groups is 1. The highest BCUT2D eigenvalue weighted by atomic mass is 16.2. The van der Waals surface area contributed by atoms with E-state index >= 15 is 0 Å². The highest BCUT2D eigenvalue weighted by Crippen LogP contribution is 2.11. The number of hydrogen-bond acceptors (Lipinski definition) is 4. The Labute approximate surface area is 127 Å². The molecule has 5 nitrogen and oxygen atoms in total. The van der Waals surface area contributed by atoms with Gasteiger partial charge in [0.25, 0.3) is 5.91 Å². The molecule has 1 aliphatic heterocycles. The molecule has 0 saturated carbocycles. The summed E-state index contributed by atoms with van der Waals surface area (Å²) in [7, 11) is 0. The molecule has 1 fully saturated rings. The Morgan fingerprint density at radius 1 is 1.33 bits per heavy atom. The van der Waals surface area contributed by atoms with Gasteiger partial charge in [-0.1, -0.05) is 13.8 Å². The molecule has 0 atom stereocenters. The number of piperazine rings is 1. The summed E-state index contributed by atoms with van der Waals surface area (Å²) in [5.74, 6) is 0.826. The van der Waals surface area contributed by atoms with Gasteiger partial charge in [-0.05, 0) is 31.0 Å². The molecule has 2 rings (SSSR count). The van der Waals surface area contributed by atoms with Crippen LogP contribution in [0.25, 0.3) is 0 Å². The molecule has 5 heteroatoms. The molecule has 0 aromatic carbocycles. The monoisotopic (exact) mass is 290 g/mol. The van der Waals surface area contributed by atoms with Crippen LogP contribution in [-0.4, -0.2) is 53.4 Å². The number of hydrogen-bond donors (Lipinski definition) is 1. The van der Waals surface area contributed by atoms with Gasteiger partial charge in [0.1, 0.15) is 0 Å². The van der Waals surface area contributed by atoms with Crippen LogP contribution in [0.1, 0.15) is 36.3 Å². The van der Waals surface area contributed by atoms with E-state index in [1.807, 2.05) is 4.90 Å². The van der Waals surface area contributed by atoms with Gasteiger partial charge < -0.3 is 10.6 Å². The van der Waals surface area contributed by atoms with Crippen molar-refractivity contribution < 1.29 is 4.79 Å². The minimum Gasteiger partial charge on any atom is -0.336 e. The van der Waals surface area contributed by atoms with Gasteiger partial charge in [0.2, 0.25) is 0 Å². The summed E-state index contributed by atoms with van der Waals surface area (Å²) in [6.07, 6.45) is 2.88. The minimum atomic E-state index is 0.0932. The number of nitrogens with two attached hydrogens (primary N) is 1. The lowest BCUT2D eigenvalue weighted by Crippen LogP contribution is -2.49. The van der Waals surface area contributed by atoms with Gasteiger partial charge in [-0.2, -0.15) is 0 Å². The molecule has 0 unspecified atom stereocenters. The zero-order valence-corrected chi connectivity index (χ0v) is 13.1. The fraction of sp³-hybridized carbons (Fsp3) is 0.625. The number of carbonyl (C=O) groups excluding carboxylic acids is 1. The second-order valence-electron chi connectivity index (χ2n) is 6.06. The largest absolute Gasteiger partial charge is 0.336 e. The van der Waals surface area contributed by atoms with Crippen LogP contribution in [-0.2, 0) is 6.54 Å². The van der Waals surface area contributed by atoms with Crippen molar-refractivity contribution in [2.75, 3.05) is 32.7 Å². The minimum absolute atomic E-state index is 0.0932. The van der Waals surface area contributed by atoms with Gasteiger partial charge in [0.15, 0.2) is 0 Å². The maximum Gasteiger partial charge on any atom is 0.254 e. The molecular formula is C16H26N4O. The number of aromatic nitrogens is 1. The average Bonchev–Trinajstić information content (AvgIpc) is 2.52. The molecule has 1 amide bonds. The fourth-order valence-electron chi connectivity index (χ4n) is 2.52. The first kappa shape index (κ1) is 15.9. The van der Waals surface area contributed by atoms with E-state index in [9.17, 15) is 4.79 Å². The smallest absolute Gasteiger partial charge is 0.254 e. The van der Waals surface area contributed by atoms with E-state index in [0.717, 1.165) is 44.3 Å². The van der Waals surface area contributed by atoms with Gasteiger partial charge in [-0.15, -0.1) is 0 Å². The van der Waals surface area contributed by atoms with Crippen LogP contribution in [0, 0.1) is 5.92 Å². The Morgan fingerprint density at radius 2 is 2.05 bits per heavy atom. The van der Waals surface area contributed by atoms with E-state index in [1.54, 1.807) is 18.3 Å². The van der Waals surface area contributed by atoms with Crippen LogP contribution in [0.4, 0.5) is 0 Å². The standard InChI is InChI=1S/C16H26N4O/c1-13(2)4-6-19-7-9-20(10-8-19)16(21)14-3-5-18-15(11-14)12-17/h3,5,11,13H,4,6-10,12,17H2,1-2H3. The van der Waals surface area contributed by atoms with Crippen LogP contribution in [0.2, 0.25) is 0 Å². The van der Waals surface area contributed by atoms with E-state index < -0.39 is 0 Å². The molecule has 2 heterocycles. The van der Waals surface area contributed by atoms with E-state index in [1.165, 1.54) is 6.42 Å². The van der Waals surface area contributed by atoms with Crippen molar-refractivity contribution in [1.29, 1.82) is 0 Å². The number of pyridine rings is 1. The van der Waals surface area contributed by atoms with E-state index in [2.05, 4.69) is 23.7 Å². The highest BCUT2D eigenvalue weighted by Gasteiger charge is 2.22. The van der Waals surface area contributed by atoms with Crippen molar-refractivity contribution in [3.05, 3.63) is 29.6 Å². The third-order valence-electron chi connectivity index (χ3n) is 3.95. The predicted molar refractivity (Wildman–Crippen MR) is 83.9 cm³/mol. The lowest BCUT2D eigenvalue weighted by Gasteiger charge is -2.35. The van der Waals surface area contributed by atoms with Crippen molar-refractivity contribution in [2.24, 2.45) is 11.7 Å². The van der Waals surface area contributed by atoms with Gasteiger partial charge in [0, 0.05) is 44.5 Å². The summed E-state index contributed by atoms with van der Waals surface area (Å²) >= 11 is 0. The summed E-state index contributed by atoms with van der Waals surface area (Å²) in [5.41, 5.74) is 7.04.